The first kappa shape index (κ1) is 24.7. The van der Waals surface area contributed by atoms with Gasteiger partial charge in [0.2, 0.25) is 16.9 Å². The maximum Gasteiger partial charge on any atom is 0.217 e. The van der Waals surface area contributed by atoms with E-state index in [-0.39, 0.29) is 39.3 Å². The van der Waals surface area contributed by atoms with E-state index in [0.717, 1.165) is 23.5 Å². The van der Waals surface area contributed by atoms with Gasteiger partial charge in [-0.3, -0.25) is 24.0 Å². The standard InChI is InChI=1S/C17H28N2O5S2/c1-7-17(5,6)15(23)13(18-10(2)20)8-26-16(24)14(19-11(3)21)9-25-12(4)22/h13-14H,7-9H2,1-6H3,(H,18,20)(H,19,21). The van der Waals surface area contributed by atoms with Gasteiger partial charge >= 0.3 is 0 Å². The largest absolute Gasteiger partial charge is 0.346 e. The second kappa shape index (κ2) is 11.4. The predicted molar refractivity (Wildman–Crippen MR) is 105 cm³/mol. The van der Waals surface area contributed by atoms with Gasteiger partial charge < -0.3 is 10.6 Å². The SMILES string of the molecule is CCC(C)(C)C(=O)C(CSC(=O)C(CSC(C)=O)NC(C)=O)NC(C)=O. The smallest absolute Gasteiger partial charge is 0.217 e. The molecule has 0 heterocycles. The highest BCUT2D eigenvalue weighted by atomic mass is 32.2. The molecule has 148 valence electrons. The molecular weight excluding hydrogens is 376 g/mol. The first-order valence-corrected chi connectivity index (χ1v) is 10.3. The molecule has 2 atom stereocenters. The molecule has 2 amide bonds. The van der Waals surface area contributed by atoms with Crippen LogP contribution in [0.1, 0.15) is 48.0 Å². The normalized spacial score (nSPS) is 13.5. The van der Waals surface area contributed by atoms with Crippen LogP contribution in [-0.4, -0.2) is 51.4 Å². The molecule has 0 saturated heterocycles. The van der Waals surface area contributed by atoms with Crippen molar-refractivity contribution < 1.29 is 24.0 Å². The van der Waals surface area contributed by atoms with Gasteiger partial charge in [-0.2, -0.15) is 0 Å². The van der Waals surface area contributed by atoms with Gasteiger partial charge in [0.05, 0.1) is 6.04 Å². The lowest BCUT2D eigenvalue weighted by atomic mass is 9.82. The molecule has 0 aliphatic carbocycles. The second-order valence-corrected chi connectivity index (χ2v) is 8.76. The average molecular weight is 405 g/mol. The van der Waals surface area contributed by atoms with Crippen LogP contribution in [0.25, 0.3) is 0 Å². The number of nitrogens with one attached hydrogen (secondary N) is 2. The molecule has 0 spiro atoms. The number of thioether (sulfide) groups is 2. The monoisotopic (exact) mass is 404 g/mol. The van der Waals surface area contributed by atoms with E-state index in [4.69, 9.17) is 0 Å². The molecule has 0 aromatic rings. The first-order valence-electron chi connectivity index (χ1n) is 8.29. The van der Waals surface area contributed by atoms with Gasteiger partial charge in [-0.05, 0) is 6.42 Å². The Morgan fingerprint density at radius 1 is 0.846 bits per heavy atom. The van der Waals surface area contributed by atoms with E-state index < -0.39 is 17.5 Å². The first-order chi connectivity index (χ1) is 11.9. The van der Waals surface area contributed by atoms with Crippen molar-refractivity contribution in [3.8, 4) is 0 Å². The van der Waals surface area contributed by atoms with Crippen molar-refractivity contribution in [1.82, 2.24) is 10.6 Å². The molecule has 0 radical (unpaired) electrons. The summed E-state index contributed by atoms with van der Waals surface area (Å²) in [5.74, 6) is -0.685. The Balaban J connectivity index is 5.07. The third kappa shape index (κ3) is 9.38. The third-order valence-electron chi connectivity index (χ3n) is 3.75. The summed E-state index contributed by atoms with van der Waals surface area (Å²) < 4.78 is 0. The fourth-order valence-electron chi connectivity index (χ4n) is 1.95. The fourth-order valence-corrected chi connectivity index (χ4v) is 3.61. The number of rotatable bonds is 10. The summed E-state index contributed by atoms with van der Waals surface area (Å²) in [7, 11) is 0. The highest BCUT2D eigenvalue weighted by Crippen LogP contribution is 2.24. The number of Topliss-reactive ketones (excluding diaryl/α,β-unsaturated/α-hetero) is 1. The maximum absolute atomic E-state index is 12.6. The molecule has 0 aliphatic heterocycles. The summed E-state index contributed by atoms with van der Waals surface area (Å²) in [6.07, 6.45) is 0.601. The predicted octanol–water partition coefficient (Wildman–Crippen LogP) is 1.54. The van der Waals surface area contributed by atoms with Crippen LogP contribution in [0.15, 0.2) is 0 Å². The molecule has 9 heteroatoms. The zero-order valence-corrected chi connectivity index (χ0v) is 17.8. The van der Waals surface area contributed by atoms with Crippen molar-refractivity contribution in [2.75, 3.05) is 11.5 Å². The van der Waals surface area contributed by atoms with Crippen LogP contribution in [-0.2, 0) is 24.0 Å². The molecule has 0 saturated carbocycles. The van der Waals surface area contributed by atoms with Crippen LogP contribution in [0.5, 0.6) is 0 Å². The molecule has 7 nitrogen and oxygen atoms in total. The van der Waals surface area contributed by atoms with Crippen molar-refractivity contribution in [3.05, 3.63) is 0 Å². The summed E-state index contributed by atoms with van der Waals surface area (Å²) in [5, 5.41) is 4.60. The van der Waals surface area contributed by atoms with E-state index in [1.54, 1.807) is 13.8 Å². The lowest BCUT2D eigenvalue weighted by Crippen LogP contribution is -2.48. The Bertz CT molecular complexity index is 563. The summed E-state index contributed by atoms with van der Waals surface area (Å²) >= 11 is 1.81. The number of carbonyl (C=O) groups is 5. The van der Waals surface area contributed by atoms with Crippen LogP contribution in [0.2, 0.25) is 0 Å². The number of amides is 2. The molecular formula is C17H28N2O5S2. The van der Waals surface area contributed by atoms with Crippen LogP contribution < -0.4 is 10.6 Å². The van der Waals surface area contributed by atoms with E-state index in [1.165, 1.54) is 20.8 Å². The van der Waals surface area contributed by atoms with Gasteiger partial charge in [0.15, 0.2) is 10.9 Å². The molecule has 2 unspecified atom stereocenters. The van der Waals surface area contributed by atoms with Crippen molar-refractivity contribution in [2.45, 2.75) is 60.0 Å². The summed E-state index contributed by atoms with van der Waals surface area (Å²) in [5.41, 5.74) is -0.627. The van der Waals surface area contributed by atoms with Gasteiger partial charge in [-0.15, -0.1) is 0 Å². The Kier molecular flexibility index (Phi) is 10.8. The highest BCUT2D eigenvalue weighted by Gasteiger charge is 2.33. The van der Waals surface area contributed by atoms with Crippen molar-refractivity contribution in [2.24, 2.45) is 5.41 Å². The number of hydrogen-bond acceptors (Lipinski definition) is 7. The molecule has 2 N–H and O–H groups in total. The van der Waals surface area contributed by atoms with Crippen molar-refractivity contribution in [3.63, 3.8) is 0 Å². The van der Waals surface area contributed by atoms with Gasteiger partial charge in [0.25, 0.3) is 0 Å². The van der Waals surface area contributed by atoms with Gasteiger partial charge in [0, 0.05) is 37.7 Å². The van der Waals surface area contributed by atoms with E-state index in [1.807, 2.05) is 6.92 Å². The lowest BCUT2D eigenvalue weighted by Gasteiger charge is -2.27. The lowest BCUT2D eigenvalue weighted by molar-refractivity contribution is -0.132. The molecule has 0 aromatic heterocycles. The van der Waals surface area contributed by atoms with E-state index >= 15 is 0 Å². The van der Waals surface area contributed by atoms with Gasteiger partial charge in [-0.1, -0.05) is 44.3 Å². The van der Waals surface area contributed by atoms with Crippen LogP contribution >= 0.6 is 23.5 Å². The van der Waals surface area contributed by atoms with Crippen molar-refractivity contribution >= 4 is 51.4 Å². The van der Waals surface area contributed by atoms with E-state index in [9.17, 15) is 24.0 Å². The quantitative estimate of drug-likeness (QED) is 0.568. The summed E-state index contributed by atoms with van der Waals surface area (Å²) in [4.78, 5) is 58.9. The van der Waals surface area contributed by atoms with E-state index in [0.29, 0.717) is 6.42 Å². The average Bonchev–Trinajstić information content (AvgIpc) is 2.53. The van der Waals surface area contributed by atoms with Gasteiger partial charge in [-0.25, -0.2) is 0 Å². The molecule has 0 fully saturated rings. The number of hydrogen-bond donors (Lipinski definition) is 2. The Morgan fingerprint density at radius 2 is 1.31 bits per heavy atom. The van der Waals surface area contributed by atoms with Crippen LogP contribution in [0, 0.1) is 5.41 Å². The minimum Gasteiger partial charge on any atom is -0.346 e. The van der Waals surface area contributed by atoms with Crippen molar-refractivity contribution in [1.29, 1.82) is 0 Å². The fraction of sp³-hybridized carbons (Fsp3) is 0.706. The Morgan fingerprint density at radius 3 is 1.73 bits per heavy atom. The summed E-state index contributed by atoms with van der Waals surface area (Å²) in [6.45, 7) is 9.45. The minimum atomic E-state index is -0.835. The van der Waals surface area contributed by atoms with Crippen LogP contribution in [0.3, 0.4) is 0 Å². The van der Waals surface area contributed by atoms with Gasteiger partial charge in [0.1, 0.15) is 6.04 Å². The number of carbonyl (C=O) groups excluding carboxylic acids is 5. The highest BCUT2D eigenvalue weighted by molar-refractivity contribution is 8.15. The second-order valence-electron chi connectivity index (χ2n) is 6.54. The Hall–Kier alpha value is -1.35. The minimum absolute atomic E-state index is 0.0709. The summed E-state index contributed by atoms with van der Waals surface area (Å²) in [6, 6.07) is -1.63. The van der Waals surface area contributed by atoms with Crippen LogP contribution in [0.4, 0.5) is 0 Å². The zero-order chi connectivity index (χ0) is 20.5. The third-order valence-corrected chi connectivity index (χ3v) is 5.73. The maximum atomic E-state index is 12.6. The molecule has 0 aromatic carbocycles. The Labute approximate surface area is 163 Å². The molecule has 26 heavy (non-hydrogen) atoms. The molecule has 0 aliphatic rings. The topological polar surface area (TPSA) is 109 Å². The molecule has 0 rings (SSSR count). The number of ketones is 1. The van der Waals surface area contributed by atoms with E-state index in [2.05, 4.69) is 10.6 Å². The zero-order valence-electron chi connectivity index (χ0n) is 16.1. The molecule has 0 bridgehead atoms.